The van der Waals surface area contributed by atoms with Crippen LogP contribution < -0.4 is 14.8 Å². The molecule has 5 nitrogen and oxygen atoms in total. The molecule has 0 aliphatic rings. The number of aromatic nitrogens is 2. The van der Waals surface area contributed by atoms with Gasteiger partial charge in [-0.1, -0.05) is 25.5 Å². The number of nitrogens with zero attached hydrogens (tertiary/aromatic N) is 2. The van der Waals surface area contributed by atoms with Gasteiger partial charge in [0.15, 0.2) is 0 Å². The fraction of sp³-hybridized carbons (Fsp3) is 0.375. The van der Waals surface area contributed by atoms with Crippen LogP contribution in [0.4, 0.5) is 10.3 Å². The van der Waals surface area contributed by atoms with E-state index in [0.29, 0.717) is 19.1 Å². The number of halogens is 1. The largest absolute Gasteiger partial charge is 0.492 e. The average Bonchev–Trinajstić information content (AvgIpc) is 2.55. The Morgan fingerprint density at radius 1 is 1.23 bits per heavy atom. The van der Waals surface area contributed by atoms with Gasteiger partial charge in [0.2, 0.25) is 11.8 Å². The highest BCUT2D eigenvalue weighted by Gasteiger charge is 2.06. The molecule has 1 aromatic heterocycles. The van der Waals surface area contributed by atoms with Crippen LogP contribution in [0.1, 0.15) is 18.9 Å². The van der Waals surface area contributed by atoms with Gasteiger partial charge in [0.1, 0.15) is 12.4 Å². The van der Waals surface area contributed by atoms with E-state index < -0.39 is 5.82 Å². The second-order valence-electron chi connectivity index (χ2n) is 4.72. The number of nitrogens with one attached hydrogen (secondary N) is 1. The molecule has 0 aliphatic heterocycles. The first-order valence-corrected chi connectivity index (χ1v) is 7.25. The van der Waals surface area contributed by atoms with E-state index in [1.165, 1.54) is 12.7 Å². The number of rotatable bonds is 8. The Hall–Kier alpha value is -2.37. The molecule has 6 heteroatoms. The summed E-state index contributed by atoms with van der Waals surface area (Å²) in [6.45, 7) is 3.12. The summed E-state index contributed by atoms with van der Waals surface area (Å²) >= 11 is 0. The van der Waals surface area contributed by atoms with Gasteiger partial charge in [-0.3, -0.25) is 0 Å². The summed E-state index contributed by atoms with van der Waals surface area (Å²) < 4.78 is 23.6. The van der Waals surface area contributed by atoms with Gasteiger partial charge in [0, 0.05) is 0 Å². The predicted molar refractivity (Wildman–Crippen MR) is 83.0 cm³/mol. The summed E-state index contributed by atoms with van der Waals surface area (Å²) in [7, 11) is 1.36. The van der Waals surface area contributed by atoms with E-state index in [1.54, 1.807) is 0 Å². The lowest BCUT2D eigenvalue weighted by atomic mass is 10.1. The molecule has 118 valence electrons. The van der Waals surface area contributed by atoms with Crippen LogP contribution >= 0.6 is 0 Å². The minimum Gasteiger partial charge on any atom is -0.492 e. The third-order valence-electron chi connectivity index (χ3n) is 3.02. The number of methoxy groups -OCH3 is 1. The number of hydrogen-bond acceptors (Lipinski definition) is 5. The van der Waals surface area contributed by atoms with Gasteiger partial charge in [0.05, 0.1) is 19.9 Å². The van der Waals surface area contributed by atoms with Gasteiger partial charge >= 0.3 is 0 Å². The van der Waals surface area contributed by atoms with Gasteiger partial charge < -0.3 is 14.8 Å². The smallest absolute Gasteiger partial charge is 0.255 e. The summed E-state index contributed by atoms with van der Waals surface area (Å²) in [6.07, 6.45) is 3.28. The Morgan fingerprint density at radius 2 is 2.00 bits per heavy atom. The predicted octanol–water partition coefficient (Wildman–Crippen LogP) is 3.07. The van der Waals surface area contributed by atoms with E-state index in [0.717, 1.165) is 24.8 Å². The van der Waals surface area contributed by atoms with E-state index in [9.17, 15) is 4.39 Å². The topological polar surface area (TPSA) is 56.3 Å². The van der Waals surface area contributed by atoms with Crippen molar-refractivity contribution >= 4 is 5.95 Å². The molecule has 1 aromatic carbocycles. The summed E-state index contributed by atoms with van der Waals surface area (Å²) in [5.74, 6) is 0.459. The van der Waals surface area contributed by atoms with Crippen LogP contribution in [0.2, 0.25) is 0 Å². The van der Waals surface area contributed by atoms with Crippen LogP contribution in [0.3, 0.4) is 0 Å². The van der Waals surface area contributed by atoms with Crippen molar-refractivity contribution in [3.63, 3.8) is 0 Å². The molecule has 0 saturated heterocycles. The monoisotopic (exact) mass is 305 g/mol. The molecule has 0 spiro atoms. The van der Waals surface area contributed by atoms with Crippen LogP contribution in [0, 0.1) is 5.82 Å². The van der Waals surface area contributed by atoms with Crippen LogP contribution in [0.5, 0.6) is 11.6 Å². The molecule has 0 amide bonds. The van der Waals surface area contributed by atoms with Crippen molar-refractivity contribution < 1.29 is 13.9 Å². The Kier molecular flexibility index (Phi) is 5.94. The van der Waals surface area contributed by atoms with Crippen LogP contribution in [-0.2, 0) is 6.42 Å². The molecule has 0 radical (unpaired) electrons. The second-order valence-corrected chi connectivity index (χ2v) is 4.72. The minimum atomic E-state index is -0.587. The van der Waals surface area contributed by atoms with E-state index in [2.05, 4.69) is 34.3 Å². The summed E-state index contributed by atoms with van der Waals surface area (Å²) in [5.41, 5.74) is 1.31. The van der Waals surface area contributed by atoms with Crippen molar-refractivity contribution in [2.45, 2.75) is 19.8 Å². The zero-order chi connectivity index (χ0) is 15.8. The Morgan fingerprint density at radius 3 is 2.68 bits per heavy atom. The van der Waals surface area contributed by atoms with Crippen LogP contribution in [0.15, 0.2) is 30.5 Å². The first-order valence-electron chi connectivity index (χ1n) is 7.25. The standard InChI is InChI=1S/C16H20FN3O2/c1-3-4-12-5-7-13(8-6-12)22-10-9-18-16-19-11-14(17)15(20-16)21-2/h5-8,11H,3-4,9-10H2,1-2H3,(H,18,19,20). The molecule has 0 saturated carbocycles. The Labute approximate surface area is 129 Å². The molecule has 0 fully saturated rings. The van der Waals surface area contributed by atoms with Gasteiger partial charge in [-0.15, -0.1) is 0 Å². The van der Waals surface area contributed by atoms with Crippen LogP contribution in [0.25, 0.3) is 0 Å². The average molecular weight is 305 g/mol. The fourth-order valence-electron chi connectivity index (χ4n) is 1.95. The van der Waals surface area contributed by atoms with Crippen molar-refractivity contribution in [3.05, 3.63) is 41.8 Å². The first-order chi connectivity index (χ1) is 10.7. The van der Waals surface area contributed by atoms with Crippen molar-refractivity contribution in [2.75, 3.05) is 25.6 Å². The molecule has 0 bridgehead atoms. The number of aryl methyl sites for hydroxylation is 1. The summed E-state index contributed by atoms with van der Waals surface area (Å²) in [5, 5.41) is 2.95. The van der Waals surface area contributed by atoms with Gasteiger partial charge in [-0.05, 0) is 24.1 Å². The number of anilines is 1. The fourth-order valence-corrected chi connectivity index (χ4v) is 1.95. The van der Waals surface area contributed by atoms with Crippen molar-refractivity contribution in [1.82, 2.24) is 9.97 Å². The van der Waals surface area contributed by atoms with Gasteiger partial charge in [-0.25, -0.2) is 4.98 Å². The molecule has 0 atom stereocenters. The highest BCUT2D eigenvalue weighted by atomic mass is 19.1. The van der Waals surface area contributed by atoms with Gasteiger partial charge in [0.25, 0.3) is 5.88 Å². The minimum absolute atomic E-state index is 0.0788. The third-order valence-corrected chi connectivity index (χ3v) is 3.02. The van der Waals surface area contributed by atoms with Crippen molar-refractivity contribution in [1.29, 1.82) is 0 Å². The molecule has 1 heterocycles. The lowest BCUT2D eigenvalue weighted by molar-refractivity contribution is 0.332. The molecule has 1 N–H and O–H groups in total. The van der Waals surface area contributed by atoms with E-state index in [-0.39, 0.29) is 5.88 Å². The zero-order valence-corrected chi connectivity index (χ0v) is 12.8. The van der Waals surface area contributed by atoms with Gasteiger partial charge in [-0.2, -0.15) is 9.37 Å². The lowest BCUT2D eigenvalue weighted by Gasteiger charge is -2.09. The first kappa shape index (κ1) is 16.0. The summed E-state index contributed by atoms with van der Waals surface area (Å²) in [6, 6.07) is 8.06. The van der Waals surface area contributed by atoms with Crippen molar-refractivity contribution in [2.24, 2.45) is 0 Å². The lowest BCUT2D eigenvalue weighted by Crippen LogP contribution is -2.13. The number of benzene rings is 1. The number of hydrogen-bond donors (Lipinski definition) is 1. The van der Waals surface area contributed by atoms with Crippen molar-refractivity contribution in [3.8, 4) is 11.6 Å². The Balaban J connectivity index is 1.77. The molecular formula is C16H20FN3O2. The SMILES string of the molecule is CCCc1ccc(OCCNc2ncc(F)c(OC)n2)cc1. The van der Waals surface area contributed by atoms with Crippen LogP contribution in [-0.4, -0.2) is 30.2 Å². The van der Waals surface area contributed by atoms with E-state index in [4.69, 9.17) is 9.47 Å². The molecule has 0 unspecified atom stereocenters. The van der Waals surface area contributed by atoms with E-state index >= 15 is 0 Å². The summed E-state index contributed by atoms with van der Waals surface area (Å²) in [4.78, 5) is 7.72. The third kappa shape index (κ3) is 4.58. The zero-order valence-electron chi connectivity index (χ0n) is 12.8. The molecule has 22 heavy (non-hydrogen) atoms. The van der Waals surface area contributed by atoms with E-state index in [1.807, 2.05) is 12.1 Å². The highest BCUT2D eigenvalue weighted by molar-refractivity contribution is 5.29. The maximum atomic E-state index is 13.2. The molecular weight excluding hydrogens is 285 g/mol. The maximum Gasteiger partial charge on any atom is 0.255 e. The Bertz CT molecular complexity index is 590. The quantitative estimate of drug-likeness (QED) is 0.760. The molecule has 0 aliphatic carbocycles. The molecule has 2 rings (SSSR count). The molecule has 2 aromatic rings. The number of ether oxygens (including phenoxy) is 2. The highest BCUT2D eigenvalue weighted by Crippen LogP contribution is 2.14. The normalized spacial score (nSPS) is 10.3. The second kappa shape index (κ2) is 8.17. The maximum absolute atomic E-state index is 13.2.